The summed E-state index contributed by atoms with van der Waals surface area (Å²) in [5, 5.41) is 17.5. The van der Waals surface area contributed by atoms with Gasteiger partial charge in [0.1, 0.15) is 0 Å². The number of hydrogen-bond donors (Lipinski definition) is 2. The number of rotatable bonds is 3. The van der Waals surface area contributed by atoms with Crippen LogP contribution >= 0.6 is 12.4 Å². The lowest BCUT2D eigenvalue weighted by Crippen LogP contribution is -2.42. The van der Waals surface area contributed by atoms with Crippen molar-refractivity contribution in [2.24, 2.45) is 0 Å². The zero-order chi connectivity index (χ0) is 12.3. The van der Waals surface area contributed by atoms with Crippen molar-refractivity contribution in [1.82, 2.24) is 10.6 Å². The van der Waals surface area contributed by atoms with E-state index in [1.807, 2.05) is 6.07 Å². The van der Waals surface area contributed by atoms with Crippen LogP contribution in [0.1, 0.15) is 11.6 Å². The van der Waals surface area contributed by atoms with Crippen molar-refractivity contribution in [3.63, 3.8) is 0 Å². The van der Waals surface area contributed by atoms with E-state index >= 15 is 0 Å². The Bertz CT molecular complexity index is 422. The van der Waals surface area contributed by atoms with Crippen LogP contribution in [-0.4, -0.2) is 31.7 Å². The molecule has 0 saturated carbocycles. The van der Waals surface area contributed by atoms with Crippen LogP contribution in [0.3, 0.4) is 0 Å². The van der Waals surface area contributed by atoms with Gasteiger partial charge in [-0.15, -0.1) is 12.4 Å². The lowest BCUT2D eigenvalue weighted by Gasteiger charge is -2.24. The topological polar surface area (TPSA) is 76.4 Å². The van der Waals surface area contributed by atoms with E-state index in [2.05, 4.69) is 10.6 Å². The summed E-state index contributed by atoms with van der Waals surface area (Å²) >= 11 is 0. The number of nitro groups is 1. The first-order valence-corrected chi connectivity index (χ1v) is 5.49. The quantitative estimate of drug-likeness (QED) is 0.640. The molecule has 0 bridgehead atoms. The molecule has 0 aliphatic carbocycles. The highest BCUT2D eigenvalue weighted by Crippen LogP contribution is 2.29. The summed E-state index contributed by atoms with van der Waals surface area (Å²) in [6.45, 7) is 2.57. The minimum atomic E-state index is -0.418. The molecule has 1 aliphatic rings. The third-order valence-corrected chi connectivity index (χ3v) is 2.84. The molecule has 0 aromatic heterocycles. The minimum absolute atomic E-state index is 0. The van der Waals surface area contributed by atoms with E-state index in [-0.39, 0.29) is 24.1 Å². The van der Waals surface area contributed by atoms with Gasteiger partial charge in [0.05, 0.1) is 12.0 Å². The van der Waals surface area contributed by atoms with Crippen LogP contribution in [0.25, 0.3) is 0 Å². The predicted octanol–water partition coefficient (Wildman–Crippen LogP) is 1.26. The molecule has 18 heavy (non-hydrogen) atoms. The number of nitrogens with one attached hydrogen (secondary N) is 2. The van der Waals surface area contributed by atoms with Crippen molar-refractivity contribution in [1.29, 1.82) is 0 Å². The van der Waals surface area contributed by atoms with E-state index in [1.54, 1.807) is 12.1 Å². The molecule has 1 fully saturated rings. The van der Waals surface area contributed by atoms with Gasteiger partial charge in [-0.05, 0) is 11.6 Å². The number of piperazine rings is 1. The molecule has 100 valence electrons. The minimum Gasteiger partial charge on any atom is -0.490 e. The van der Waals surface area contributed by atoms with Gasteiger partial charge < -0.3 is 15.4 Å². The Hall–Kier alpha value is -1.37. The van der Waals surface area contributed by atoms with Crippen molar-refractivity contribution in [2.45, 2.75) is 6.04 Å². The largest absolute Gasteiger partial charge is 0.490 e. The van der Waals surface area contributed by atoms with Crippen LogP contribution in [0.2, 0.25) is 0 Å². The van der Waals surface area contributed by atoms with Gasteiger partial charge >= 0.3 is 5.69 Å². The molecule has 2 rings (SSSR count). The van der Waals surface area contributed by atoms with Crippen molar-refractivity contribution in [2.75, 3.05) is 26.7 Å². The van der Waals surface area contributed by atoms with Gasteiger partial charge in [0.25, 0.3) is 0 Å². The van der Waals surface area contributed by atoms with E-state index in [1.165, 1.54) is 7.11 Å². The first-order chi connectivity index (χ1) is 8.22. The molecule has 2 N–H and O–H groups in total. The first kappa shape index (κ1) is 14.7. The summed E-state index contributed by atoms with van der Waals surface area (Å²) in [5.74, 6) is 0.294. The molecule has 1 atom stereocenters. The molecular formula is C11H16ClN3O3. The zero-order valence-corrected chi connectivity index (χ0v) is 10.8. The summed E-state index contributed by atoms with van der Waals surface area (Å²) in [7, 11) is 1.43. The summed E-state index contributed by atoms with van der Waals surface area (Å²) < 4.78 is 4.97. The van der Waals surface area contributed by atoms with Crippen LogP contribution in [0.4, 0.5) is 5.69 Å². The van der Waals surface area contributed by atoms with Crippen LogP contribution < -0.4 is 15.4 Å². The molecule has 1 heterocycles. The maximum absolute atomic E-state index is 10.9. The molecule has 7 heteroatoms. The molecule has 1 saturated heterocycles. The molecule has 1 aromatic rings. The Morgan fingerprint density at radius 2 is 2.22 bits per heavy atom. The second-order valence-corrected chi connectivity index (χ2v) is 3.90. The predicted molar refractivity (Wildman–Crippen MR) is 70.5 cm³/mol. The number of nitrogens with zero attached hydrogens (tertiary/aromatic N) is 1. The van der Waals surface area contributed by atoms with E-state index in [0.29, 0.717) is 5.75 Å². The number of ether oxygens (including phenoxy) is 1. The summed E-state index contributed by atoms with van der Waals surface area (Å²) in [4.78, 5) is 10.5. The Labute approximate surface area is 111 Å². The molecule has 1 aromatic carbocycles. The fourth-order valence-electron chi connectivity index (χ4n) is 1.96. The highest BCUT2D eigenvalue weighted by atomic mass is 35.5. The van der Waals surface area contributed by atoms with Crippen LogP contribution in [0.5, 0.6) is 5.75 Å². The Balaban J connectivity index is 0.00000162. The maximum Gasteiger partial charge on any atom is 0.311 e. The molecule has 0 spiro atoms. The number of benzene rings is 1. The average Bonchev–Trinajstić information content (AvgIpc) is 2.39. The molecule has 1 aliphatic heterocycles. The lowest BCUT2D eigenvalue weighted by atomic mass is 10.0. The zero-order valence-electron chi connectivity index (χ0n) is 10.0. The standard InChI is InChI=1S/C11H15N3O3.ClH/c1-17-11-3-2-8(6-10(11)14(15)16)9-7-12-4-5-13-9;/h2-3,6,9,12-13H,4-5,7H2,1H3;1H/t9-;/m0./s1. The van der Waals surface area contributed by atoms with E-state index < -0.39 is 4.92 Å². The molecule has 6 nitrogen and oxygen atoms in total. The van der Waals surface area contributed by atoms with Gasteiger partial charge in [-0.2, -0.15) is 0 Å². The van der Waals surface area contributed by atoms with E-state index in [9.17, 15) is 10.1 Å². The Morgan fingerprint density at radius 1 is 1.44 bits per heavy atom. The van der Waals surface area contributed by atoms with Crippen LogP contribution in [-0.2, 0) is 0 Å². The second-order valence-electron chi connectivity index (χ2n) is 3.90. The monoisotopic (exact) mass is 273 g/mol. The van der Waals surface area contributed by atoms with Gasteiger partial charge in [0.2, 0.25) is 0 Å². The number of halogens is 1. The van der Waals surface area contributed by atoms with Crippen molar-refractivity contribution < 1.29 is 9.66 Å². The fourth-order valence-corrected chi connectivity index (χ4v) is 1.96. The molecular weight excluding hydrogens is 258 g/mol. The summed E-state index contributed by atoms with van der Waals surface area (Å²) in [6, 6.07) is 5.19. The van der Waals surface area contributed by atoms with Gasteiger partial charge in [0, 0.05) is 31.7 Å². The smallest absolute Gasteiger partial charge is 0.311 e. The third kappa shape index (κ3) is 3.10. The third-order valence-electron chi connectivity index (χ3n) is 2.84. The Kier molecular flexibility index (Phi) is 5.33. The van der Waals surface area contributed by atoms with Gasteiger partial charge in [0.15, 0.2) is 5.75 Å². The number of hydrogen-bond acceptors (Lipinski definition) is 5. The first-order valence-electron chi connectivity index (χ1n) is 5.49. The molecule has 0 amide bonds. The number of nitro benzene ring substituents is 1. The van der Waals surface area contributed by atoms with Crippen LogP contribution in [0.15, 0.2) is 18.2 Å². The van der Waals surface area contributed by atoms with Gasteiger partial charge in [-0.25, -0.2) is 0 Å². The SMILES string of the molecule is COc1ccc([C@@H]2CNCCN2)cc1[N+](=O)[O-].Cl. The van der Waals surface area contributed by atoms with Crippen molar-refractivity contribution >= 4 is 18.1 Å². The second kappa shape index (κ2) is 6.53. The summed E-state index contributed by atoms with van der Waals surface area (Å²) in [6.07, 6.45) is 0. The van der Waals surface area contributed by atoms with E-state index in [0.717, 1.165) is 25.2 Å². The highest BCUT2D eigenvalue weighted by molar-refractivity contribution is 5.85. The van der Waals surface area contributed by atoms with Gasteiger partial charge in [-0.1, -0.05) is 6.07 Å². The highest BCUT2D eigenvalue weighted by Gasteiger charge is 2.20. The van der Waals surface area contributed by atoms with Gasteiger partial charge in [-0.3, -0.25) is 10.1 Å². The van der Waals surface area contributed by atoms with Crippen molar-refractivity contribution in [3.8, 4) is 5.75 Å². The maximum atomic E-state index is 10.9. The van der Waals surface area contributed by atoms with E-state index in [4.69, 9.17) is 4.74 Å². The average molecular weight is 274 g/mol. The lowest BCUT2D eigenvalue weighted by molar-refractivity contribution is -0.385. The van der Waals surface area contributed by atoms with Crippen LogP contribution in [0, 0.1) is 10.1 Å². The van der Waals surface area contributed by atoms with Crippen molar-refractivity contribution in [3.05, 3.63) is 33.9 Å². The number of methoxy groups -OCH3 is 1. The molecule has 0 radical (unpaired) electrons. The Morgan fingerprint density at radius 3 is 2.78 bits per heavy atom. The molecule has 0 unspecified atom stereocenters. The fraction of sp³-hybridized carbons (Fsp3) is 0.455. The normalized spacial score (nSPS) is 18.8. The summed E-state index contributed by atoms with van der Waals surface area (Å²) in [5.41, 5.74) is 0.919.